The zero-order valence-electron chi connectivity index (χ0n) is 12.7. The topological polar surface area (TPSA) is 123 Å². The molecule has 0 aliphatic carbocycles. The lowest BCUT2D eigenvalue weighted by Gasteiger charge is -2.40. The summed E-state index contributed by atoms with van der Waals surface area (Å²) in [5.74, 6) is 0. The minimum atomic E-state index is -4.19. The first-order chi connectivity index (χ1) is 10.8. The van der Waals surface area contributed by atoms with Crippen molar-refractivity contribution in [3.8, 4) is 0 Å². The molecule has 1 fully saturated rings. The number of ether oxygens (including phenoxy) is 2. The molecule has 1 aromatic carbocycles. The zero-order valence-corrected chi connectivity index (χ0v) is 13.5. The normalized spacial score (nSPS) is 32.0. The van der Waals surface area contributed by atoms with Gasteiger partial charge in [0.15, 0.2) is 12.4 Å². The lowest BCUT2D eigenvalue weighted by atomic mass is 9.99. The third kappa shape index (κ3) is 3.89. The highest BCUT2D eigenvalue weighted by atomic mass is 32.2. The van der Waals surface area contributed by atoms with Gasteiger partial charge >= 0.3 is 0 Å². The van der Waals surface area contributed by atoms with Crippen LogP contribution in [0.15, 0.2) is 29.2 Å². The molecule has 0 radical (unpaired) electrons. The second kappa shape index (κ2) is 7.22. The summed E-state index contributed by atoms with van der Waals surface area (Å²) in [6.45, 7) is 1.25. The zero-order chi connectivity index (χ0) is 17.2. The van der Waals surface area contributed by atoms with Gasteiger partial charge < -0.3 is 24.8 Å². The van der Waals surface area contributed by atoms with Crippen LogP contribution in [0.3, 0.4) is 0 Å². The van der Waals surface area contributed by atoms with E-state index in [4.69, 9.17) is 18.8 Å². The van der Waals surface area contributed by atoms with E-state index < -0.39 is 47.4 Å². The molecule has 0 bridgehead atoms. The van der Waals surface area contributed by atoms with Gasteiger partial charge in [0.2, 0.25) is 0 Å². The van der Waals surface area contributed by atoms with Crippen molar-refractivity contribution in [1.29, 1.82) is 0 Å². The molecule has 23 heavy (non-hydrogen) atoms. The number of aliphatic hydroxyl groups excluding tert-OH is 3. The van der Waals surface area contributed by atoms with Crippen molar-refractivity contribution in [2.75, 3.05) is 13.7 Å². The predicted molar refractivity (Wildman–Crippen MR) is 78.0 cm³/mol. The largest absolute Gasteiger partial charge is 0.394 e. The minimum absolute atomic E-state index is 0.0936. The van der Waals surface area contributed by atoms with Crippen LogP contribution in [0.2, 0.25) is 0 Å². The molecule has 0 saturated carbocycles. The summed E-state index contributed by atoms with van der Waals surface area (Å²) in [6.07, 6.45) is -6.94. The molecule has 9 heteroatoms. The molecule has 2 rings (SSSR count). The maximum absolute atomic E-state index is 12.3. The Balaban J connectivity index is 2.24. The van der Waals surface area contributed by atoms with Crippen LogP contribution in [0, 0.1) is 6.92 Å². The summed E-state index contributed by atoms with van der Waals surface area (Å²) >= 11 is 0. The van der Waals surface area contributed by atoms with Gasteiger partial charge in [-0.1, -0.05) is 17.7 Å². The van der Waals surface area contributed by atoms with E-state index in [1.165, 1.54) is 19.2 Å². The molecule has 3 N–H and O–H groups in total. The smallest absolute Gasteiger partial charge is 0.297 e. The highest BCUT2D eigenvalue weighted by Crippen LogP contribution is 2.27. The lowest BCUT2D eigenvalue weighted by Crippen LogP contribution is -2.60. The number of benzene rings is 1. The molecule has 0 amide bonds. The van der Waals surface area contributed by atoms with Gasteiger partial charge in [-0.2, -0.15) is 8.42 Å². The van der Waals surface area contributed by atoms with Gasteiger partial charge in [-0.25, -0.2) is 0 Å². The second-order valence-electron chi connectivity index (χ2n) is 5.27. The summed E-state index contributed by atoms with van der Waals surface area (Å²) < 4.78 is 39.8. The first kappa shape index (κ1) is 18.3. The second-order valence-corrected chi connectivity index (χ2v) is 6.84. The van der Waals surface area contributed by atoms with Crippen molar-refractivity contribution in [3.05, 3.63) is 29.8 Å². The van der Waals surface area contributed by atoms with Crippen molar-refractivity contribution in [2.45, 2.75) is 42.5 Å². The molecule has 0 aromatic heterocycles. The maximum Gasteiger partial charge on any atom is 0.297 e. The Bertz CT molecular complexity index is 612. The van der Waals surface area contributed by atoms with Crippen LogP contribution >= 0.6 is 0 Å². The molecular formula is C14H20O8S. The summed E-state index contributed by atoms with van der Waals surface area (Å²) in [5, 5.41) is 29.0. The van der Waals surface area contributed by atoms with Gasteiger partial charge in [-0.05, 0) is 19.1 Å². The number of methoxy groups -OCH3 is 1. The van der Waals surface area contributed by atoms with Crippen molar-refractivity contribution >= 4 is 10.1 Å². The fraction of sp³-hybridized carbons (Fsp3) is 0.571. The van der Waals surface area contributed by atoms with E-state index in [-0.39, 0.29) is 4.90 Å². The first-order valence-electron chi connectivity index (χ1n) is 6.95. The van der Waals surface area contributed by atoms with Crippen LogP contribution in [0.1, 0.15) is 5.56 Å². The van der Waals surface area contributed by atoms with Crippen LogP contribution in [0.25, 0.3) is 0 Å². The minimum Gasteiger partial charge on any atom is -0.394 e. The highest BCUT2D eigenvalue weighted by Gasteiger charge is 2.47. The molecule has 0 spiro atoms. The van der Waals surface area contributed by atoms with E-state index in [9.17, 15) is 18.6 Å². The number of rotatable bonds is 5. The van der Waals surface area contributed by atoms with E-state index in [0.717, 1.165) is 5.56 Å². The maximum atomic E-state index is 12.3. The Morgan fingerprint density at radius 1 is 1.17 bits per heavy atom. The average molecular weight is 348 g/mol. The molecule has 1 aromatic rings. The van der Waals surface area contributed by atoms with Crippen LogP contribution in [0.5, 0.6) is 0 Å². The van der Waals surface area contributed by atoms with Gasteiger partial charge in [0.05, 0.1) is 11.5 Å². The Morgan fingerprint density at radius 2 is 1.78 bits per heavy atom. The van der Waals surface area contributed by atoms with E-state index in [2.05, 4.69) is 0 Å². The quantitative estimate of drug-likeness (QED) is 0.589. The molecule has 1 heterocycles. The molecule has 1 aliphatic rings. The SMILES string of the molecule is CO[C@@H]1O[C@@H](CO)[C@H](O)[C@@H](O)[C@@H]1OS(=O)(=O)c1ccc(C)cc1. The number of hydrogen-bond donors (Lipinski definition) is 3. The van der Waals surface area contributed by atoms with Crippen molar-refractivity contribution < 1.29 is 37.4 Å². The van der Waals surface area contributed by atoms with E-state index in [1.807, 2.05) is 6.92 Å². The van der Waals surface area contributed by atoms with Crippen molar-refractivity contribution in [3.63, 3.8) is 0 Å². The average Bonchev–Trinajstić information content (AvgIpc) is 2.52. The molecule has 8 nitrogen and oxygen atoms in total. The van der Waals surface area contributed by atoms with E-state index in [1.54, 1.807) is 12.1 Å². The molecule has 1 saturated heterocycles. The Kier molecular flexibility index (Phi) is 5.74. The summed E-state index contributed by atoms with van der Waals surface area (Å²) in [5.41, 5.74) is 0.876. The van der Waals surface area contributed by atoms with Crippen LogP contribution < -0.4 is 0 Å². The summed E-state index contributed by atoms with van der Waals surface area (Å²) in [6, 6.07) is 5.95. The van der Waals surface area contributed by atoms with Gasteiger partial charge in [0.25, 0.3) is 10.1 Å². The summed E-state index contributed by atoms with van der Waals surface area (Å²) in [7, 11) is -2.96. The third-order valence-electron chi connectivity index (χ3n) is 3.60. The van der Waals surface area contributed by atoms with Crippen LogP contribution in [0.4, 0.5) is 0 Å². The Labute approximate surface area is 134 Å². The standard InChI is InChI=1S/C14H20O8S/c1-8-3-5-9(6-4-8)23(18,19)22-13-12(17)11(16)10(7-15)21-14(13)20-2/h3-6,10-17H,7H2,1-2H3/t10-,11-,12+,13-,14+/m0/s1. The van der Waals surface area contributed by atoms with Crippen LogP contribution in [-0.4, -0.2) is 68.2 Å². The van der Waals surface area contributed by atoms with E-state index >= 15 is 0 Å². The Morgan fingerprint density at radius 3 is 2.30 bits per heavy atom. The van der Waals surface area contributed by atoms with Gasteiger partial charge in [0.1, 0.15) is 18.3 Å². The molecule has 5 atom stereocenters. The Hall–Kier alpha value is -1.07. The number of aryl methyl sites for hydroxylation is 1. The molecule has 130 valence electrons. The highest BCUT2D eigenvalue weighted by molar-refractivity contribution is 7.86. The van der Waals surface area contributed by atoms with E-state index in [0.29, 0.717) is 0 Å². The third-order valence-corrected chi connectivity index (χ3v) is 4.93. The number of hydrogen-bond acceptors (Lipinski definition) is 8. The molecule has 1 aliphatic heterocycles. The number of aliphatic hydroxyl groups is 3. The predicted octanol–water partition coefficient (Wildman–Crippen LogP) is -0.846. The molecule has 0 unspecified atom stereocenters. The first-order valence-corrected chi connectivity index (χ1v) is 8.36. The fourth-order valence-electron chi connectivity index (χ4n) is 2.26. The van der Waals surface area contributed by atoms with Gasteiger partial charge in [-0.3, -0.25) is 4.18 Å². The summed E-state index contributed by atoms with van der Waals surface area (Å²) in [4.78, 5) is -0.0936. The van der Waals surface area contributed by atoms with Crippen molar-refractivity contribution in [1.82, 2.24) is 0 Å². The monoisotopic (exact) mass is 348 g/mol. The van der Waals surface area contributed by atoms with Gasteiger partial charge in [-0.15, -0.1) is 0 Å². The van der Waals surface area contributed by atoms with Crippen molar-refractivity contribution in [2.24, 2.45) is 0 Å². The van der Waals surface area contributed by atoms with Gasteiger partial charge in [0, 0.05) is 7.11 Å². The van der Waals surface area contributed by atoms with Crippen LogP contribution in [-0.2, 0) is 23.8 Å². The fourth-order valence-corrected chi connectivity index (χ4v) is 3.33. The lowest BCUT2D eigenvalue weighted by molar-refractivity contribution is -0.288. The molecular weight excluding hydrogens is 328 g/mol.